The van der Waals surface area contributed by atoms with Crippen molar-refractivity contribution in [3.05, 3.63) is 17.8 Å². The highest BCUT2D eigenvalue weighted by molar-refractivity contribution is 4.97. The molecule has 78 valence electrons. The second-order valence-electron chi connectivity index (χ2n) is 4.36. The summed E-state index contributed by atoms with van der Waals surface area (Å²) >= 11 is 0. The minimum atomic E-state index is 0.233. The maximum atomic E-state index is 5.48. The number of hydrogen-bond acceptors (Lipinski definition) is 3. The molecule has 1 N–H and O–H groups in total. The Hall–Kier alpha value is -0.830. The molecule has 0 amide bonds. The van der Waals surface area contributed by atoms with E-state index in [1.54, 1.807) is 6.20 Å². The number of hydrogen-bond donors (Lipinski definition) is 1. The summed E-state index contributed by atoms with van der Waals surface area (Å²) in [7, 11) is 0. The predicted octanol–water partition coefficient (Wildman–Crippen LogP) is 2.43. The zero-order chi connectivity index (χ0) is 10.1. The van der Waals surface area contributed by atoms with Crippen LogP contribution in [0.1, 0.15) is 44.4 Å². The van der Waals surface area contributed by atoms with Gasteiger partial charge in [-0.05, 0) is 32.6 Å². The van der Waals surface area contributed by atoms with Crippen molar-refractivity contribution in [1.82, 2.24) is 10.3 Å². The first-order valence-electron chi connectivity index (χ1n) is 5.35. The van der Waals surface area contributed by atoms with Gasteiger partial charge in [-0.2, -0.15) is 0 Å². The quantitative estimate of drug-likeness (QED) is 0.803. The average molecular weight is 194 g/mol. The van der Waals surface area contributed by atoms with Crippen molar-refractivity contribution in [1.29, 1.82) is 0 Å². The number of nitrogens with one attached hydrogen (secondary N) is 1. The first-order chi connectivity index (χ1) is 6.66. The minimum Gasteiger partial charge on any atom is -0.444 e. The van der Waals surface area contributed by atoms with Crippen molar-refractivity contribution in [2.24, 2.45) is 5.92 Å². The van der Waals surface area contributed by atoms with Crippen molar-refractivity contribution >= 4 is 0 Å². The van der Waals surface area contributed by atoms with Gasteiger partial charge >= 0.3 is 0 Å². The fourth-order valence-corrected chi connectivity index (χ4v) is 1.88. The second kappa shape index (κ2) is 3.73. The van der Waals surface area contributed by atoms with E-state index in [1.807, 2.05) is 6.92 Å². The maximum Gasteiger partial charge on any atom is 0.211 e. The molecule has 3 heteroatoms. The van der Waals surface area contributed by atoms with Crippen LogP contribution >= 0.6 is 0 Å². The van der Waals surface area contributed by atoms with Gasteiger partial charge in [-0.1, -0.05) is 6.92 Å². The molecule has 3 unspecified atom stereocenters. The summed E-state index contributed by atoms with van der Waals surface area (Å²) in [5.41, 5.74) is 0. The van der Waals surface area contributed by atoms with Crippen LogP contribution in [0.2, 0.25) is 0 Å². The van der Waals surface area contributed by atoms with E-state index >= 15 is 0 Å². The molecule has 2 rings (SSSR count). The predicted molar refractivity (Wildman–Crippen MR) is 55.0 cm³/mol. The van der Waals surface area contributed by atoms with Gasteiger partial charge < -0.3 is 9.73 Å². The van der Waals surface area contributed by atoms with Gasteiger partial charge in [-0.25, -0.2) is 4.98 Å². The summed E-state index contributed by atoms with van der Waals surface area (Å²) < 4.78 is 5.48. The topological polar surface area (TPSA) is 38.1 Å². The van der Waals surface area contributed by atoms with Crippen LogP contribution in [0, 0.1) is 12.8 Å². The van der Waals surface area contributed by atoms with Crippen molar-refractivity contribution in [3.63, 3.8) is 0 Å². The summed E-state index contributed by atoms with van der Waals surface area (Å²) in [5, 5.41) is 3.54. The Balaban J connectivity index is 1.92. The van der Waals surface area contributed by atoms with E-state index < -0.39 is 0 Å². The van der Waals surface area contributed by atoms with E-state index in [0.29, 0.717) is 6.04 Å². The van der Waals surface area contributed by atoms with Crippen molar-refractivity contribution in [2.45, 2.75) is 45.7 Å². The number of nitrogens with zero attached hydrogens (tertiary/aromatic N) is 1. The molecular weight excluding hydrogens is 176 g/mol. The maximum absolute atomic E-state index is 5.48. The molecule has 14 heavy (non-hydrogen) atoms. The van der Waals surface area contributed by atoms with Gasteiger partial charge in [-0.15, -0.1) is 0 Å². The van der Waals surface area contributed by atoms with Crippen LogP contribution in [0.15, 0.2) is 10.6 Å². The van der Waals surface area contributed by atoms with E-state index in [1.165, 1.54) is 12.8 Å². The highest BCUT2D eigenvalue weighted by Crippen LogP contribution is 2.28. The number of rotatable bonds is 3. The number of aryl methyl sites for hydroxylation is 1. The van der Waals surface area contributed by atoms with Gasteiger partial charge in [0.05, 0.1) is 12.2 Å². The lowest BCUT2D eigenvalue weighted by atomic mass is 9.81. The third-order valence-corrected chi connectivity index (χ3v) is 3.09. The Labute approximate surface area is 84.9 Å². The lowest BCUT2D eigenvalue weighted by Crippen LogP contribution is -2.43. The average Bonchev–Trinajstić information content (AvgIpc) is 2.58. The molecule has 1 fully saturated rings. The molecule has 0 spiro atoms. The normalized spacial score (nSPS) is 28.5. The van der Waals surface area contributed by atoms with Gasteiger partial charge in [0.25, 0.3) is 0 Å². The molecule has 0 aliphatic heterocycles. The van der Waals surface area contributed by atoms with Crippen molar-refractivity contribution in [3.8, 4) is 0 Å². The molecule has 1 saturated carbocycles. The molecule has 1 aromatic heterocycles. The Morgan fingerprint density at radius 2 is 2.36 bits per heavy atom. The minimum absolute atomic E-state index is 0.233. The lowest BCUT2D eigenvalue weighted by Gasteiger charge is -2.36. The molecule has 0 radical (unpaired) electrons. The Bertz CT molecular complexity index is 308. The molecule has 1 heterocycles. The zero-order valence-electron chi connectivity index (χ0n) is 9.08. The first-order valence-corrected chi connectivity index (χ1v) is 5.35. The van der Waals surface area contributed by atoms with Crippen LogP contribution in [-0.4, -0.2) is 11.0 Å². The van der Waals surface area contributed by atoms with E-state index in [2.05, 4.69) is 24.1 Å². The van der Waals surface area contributed by atoms with E-state index in [4.69, 9.17) is 4.42 Å². The second-order valence-corrected chi connectivity index (χ2v) is 4.36. The molecule has 1 aliphatic rings. The summed E-state index contributed by atoms with van der Waals surface area (Å²) in [6.45, 7) is 6.32. The summed E-state index contributed by atoms with van der Waals surface area (Å²) in [5.74, 6) is 2.49. The fourth-order valence-electron chi connectivity index (χ4n) is 1.88. The van der Waals surface area contributed by atoms with Crippen molar-refractivity contribution < 1.29 is 4.42 Å². The Morgan fingerprint density at radius 3 is 2.79 bits per heavy atom. The molecular formula is C11H18N2O. The largest absolute Gasteiger partial charge is 0.444 e. The van der Waals surface area contributed by atoms with E-state index in [9.17, 15) is 0 Å². The van der Waals surface area contributed by atoms with E-state index in [-0.39, 0.29) is 6.04 Å². The summed E-state index contributed by atoms with van der Waals surface area (Å²) in [4.78, 5) is 4.22. The van der Waals surface area contributed by atoms with Gasteiger partial charge in [-0.3, -0.25) is 0 Å². The highest BCUT2D eigenvalue weighted by atomic mass is 16.4. The van der Waals surface area contributed by atoms with Gasteiger partial charge in [0.1, 0.15) is 5.76 Å². The van der Waals surface area contributed by atoms with Crippen LogP contribution in [0.3, 0.4) is 0 Å². The Morgan fingerprint density at radius 1 is 1.57 bits per heavy atom. The lowest BCUT2D eigenvalue weighted by molar-refractivity contribution is 0.204. The molecule has 1 aromatic rings. The van der Waals surface area contributed by atoms with Crippen molar-refractivity contribution in [2.75, 3.05) is 0 Å². The fraction of sp³-hybridized carbons (Fsp3) is 0.727. The van der Waals surface area contributed by atoms with Crippen LogP contribution in [0.5, 0.6) is 0 Å². The molecule has 0 saturated heterocycles. The van der Waals surface area contributed by atoms with Gasteiger partial charge in [0, 0.05) is 6.04 Å². The molecule has 0 aromatic carbocycles. The van der Waals surface area contributed by atoms with E-state index in [0.717, 1.165) is 17.6 Å². The van der Waals surface area contributed by atoms with Crippen LogP contribution < -0.4 is 5.32 Å². The standard InChI is InChI=1S/C11H18N2O/c1-7-4-5-10(7)13-9(3)11-12-6-8(2)14-11/h6-7,9-10,13H,4-5H2,1-3H3. The zero-order valence-corrected chi connectivity index (χ0v) is 9.08. The van der Waals surface area contributed by atoms with Crippen LogP contribution in [0.4, 0.5) is 0 Å². The summed E-state index contributed by atoms with van der Waals surface area (Å²) in [6, 6.07) is 0.883. The molecule has 3 atom stereocenters. The molecule has 3 nitrogen and oxygen atoms in total. The van der Waals surface area contributed by atoms with Gasteiger partial charge in [0.15, 0.2) is 0 Å². The van der Waals surface area contributed by atoms with Crippen LogP contribution in [-0.2, 0) is 0 Å². The smallest absolute Gasteiger partial charge is 0.211 e. The Kier molecular flexibility index (Phi) is 2.59. The van der Waals surface area contributed by atoms with Gasteiger partial charge in [0.2, 0.25) is 5.89 Å². The molecule has 0 bridgehead atoms. The summed E-state index contributed by atoms with van der Waals surface area (Å²) in [6.07, 6.45) is 4.40. The monoisotopic (exact) mass is 194 g/mol. The number of oxazole rings is 1. The SMILES string of the molecule is Cc1cnc(C(C)NC2CCC2C)o1. The van der Waals surface area contributed by atoms with Crippen LogP contribution in [0.25, 0.3) is 0 Å². The first kappa shape index (κ1) is 9.71. The third kappa shape index (κ3) is 1.82. The number of aromatic nitrogens is 1. The highest BCUT2D eigenvalue weighted by Gasteiger charge is 2.28. The third-order valence-electron chi connectivity index (χ3n) is 3.09. The molecule has 1 aliphatic carbocycles.